The van der Waals surface area contributed by atoms with Gasteiger partial charge in [0.05, 0.1) is 30.4 Å². The van der Waals surface area contributed by atoms with Gasteiger partial charge in [-0.25, -0.2) is 13.2 Å². The fourth-order valence-electron chi connectivity index (χ4n) is 4.37. The van der Waals surface area contributed by atoms with Gasteiger partial charge in [0.15, 0.2) is 11.5 Å². The Labute approximate surface area is 237 Å². The third-order valence-corrected chi connectivity index (χ3v) is 9.52. The third-order valence-electron chi connectivity index (χ3n) is 6.76. The molecule has 0 saturated heterocycles. The van der Waals surface area contributed by atoms with Gasteiger partial charge in [-0.1, -0.05) is 24.2 Å². The van der Waals surface area contributed by atoms with Crippen molar-refractivity contribution in [1.82, 2.24) is 15.0 Å². The number of amides is 3. The van der Waals surface area contributed by atoms with Crippen molar-refractivity contribution < 1.29 is 32.4 Å². The van der Waals surface area contributed by atoms with Crippen molar-refractivity contribution in [3.63, 3.8) is 0 Å². The van der Waals surface area contributed by atoms with E-state index < -0.39 is 34.1 Å². The number of hydrogen-bond donors (Lipinski definition) is 3. The molecule has 14 heteroatoms. The molecular formula is C26H33N5O7S2. The number of rotatable bonds is 8. The van der Waals surface area contributed by atoms with Gasteiger partial charge in [0.1, 0.15) is 21.7 Å². The summed E-state index contributed by atoms with van der Waals surface area (Å²) in [6, 6.07) is 6.83. The van der Waals surface area contributed by atoms with Crippen molar-refractivity contribution in [3.8, 4) is 5.75 Å². The van der Waals surface area contributed by atoms with Crippen LogP contribution in [0.3, 0.4) is 0 Å². The molecule has 4 rings (SSSR count). The zero-order chi connectivity index (χ0) is 29.2. The fourth-order valence-corrected chi connectivity index (χ4v) is 6.43. The number of likely N-dealkylation sites (N-methyl/N-ethyl adjacent to an activating group) is 1. The van der Waals surface area contributed by atoms with Crippen molar-refractivity contribution in [1.29, 1.82) is 0 Å². The van der Waals surface area contributed by atoms with Gasteiger partial charge in [-0.15, -0.1) is 11.3 Å². The lowest BCUT2D eigenvalue weighted by atomic mass is 9.99. The summed E-state index contributed by atoms with van der Waals surface area (Å²) in [4.78, 5) is 29.7. The first-order valence-corrected chi connectivity index (χ1v) is 15.0. The number of aliphatic hydroxyl groups excluding tert-OH is 1. The van der Waals surface area contributed by atoms with E-state index >= 15 is 0 Å². The lowest BCUT2D eigenvalue weighted by molar-refractivity contribution is 0.0373. The monoisotopic (exact) mass is 591 g/mol. The number of urea groups is 1. The summed E-state index contributed by atoms with van der Waals surface area (Å²) >= 11 is 1.06. The van der Waals surface area contributed by atoms with Crippen LogP contribution in [0, 0.1) is 19.8 Å². The number of fused-ring (bicyclic) bond motifs is 1. The van der Waals surface area contributed by atoms with Gasteiger partial charge in [0.25, 0.3) is 15.9 Å². The molecule has 0 fully saturated rings. The van der Waals surface area contributed by atoms with Crippen molar-refractivity contribution in [2.24, 2.45) is 5.92 Å². The van der Waals surface area contributed by atoms with E-state index in [9.17, 15) is 23.1 Å². The Kier molecular flexibility index (Phi) is 8.71. The minimum absolute atomic E-state index is 0.0545. The number of anilines is 2. The lowest BCUT2D eigenvalue weighted by Crippen LogP contribution is -2.50. The van der Waals surface area contributed by atoms with Gasteiger partial charge in [0.2, 0.25) is 0 Å². The quantitative estimate of drug-likeness (QED) is 0.359. The second-order valence-corrected chi connectivity index (χ2v) is 12.7. The van der Waals surface area contributed by atoms with Crippen molar-refractivity contribution in [2.45, 2.75) is 44.0 Å². The van der Waals surface area contributed by atoms with Crippen LogP contribution in [0.1, 0.15) is 35.7 Å². The van der Waals surface area contributed by atoms with Crippen molar-refractivity contribution >= 4 is 44.7 Å². The number of aliphatic hydroxyl groups is 1. The van der Waals surface area contributed by atoms with E-state index in [-0.39, 0.29) is 46.8 Å². The molecule has 1 aromatic carbocycles. The zero-order valence-electron chi connectivity index (χ0n) is 22.9. The Morgan fingerprint density at radius 1 is 1.30 bits per heavy atom. The van der Waals surface area contributed by atoms with E-state index in [2.05, 4.69) is 15.2 Å². The Hall–Kier alpha value is -3.62. The van der Waals surface area contributed by atoms with Gasteiger partial charge < -0.3 is 29.5 Å². The Balaban J connectivity index is 1.69. The maximum atomic E-state index is 13.6. The predicted molar refractivity (Wildman–Crippen MR) is 150 cm³/mol. The molecular weight excluding hydrogens is 558 g/mol. The van der Waals surface area contributed by atoms with Crippen LogP contribution >= 0.6 is 11.3 Å². The van der Waals surface area contributed by atoms with Gasteiger partial charge in [-0.05, 0) is 44.4 Å². The molecule has 3 amide bonds. The Bertz CT molecular complexity index is 1450. The summed E-state index contributed by atoms with van der Waals surface area (Å²) in [6.45, 7) is 7.11. The number of aromatic nitrogens is 1. The molecule has 0 spiro atoms. The number of sulfonamides is 1. The first kappa shape index (κ1) is 29.4. The normalized spacial score (nSPS) is 18.2. The molecule has 0 bridgehead atoms. The molecule has 3 heterocycles. The minimum Gasteiger partial charge on any atom is -0.485 e. The molecule has 0 saturated carbocycles. The summed E-state index contributed by atoms with van der Waals surface area (Å²) < 4.78 is 40.3. The molecule has 3 N–H and O–H groups in total. The standard InChI is InChI=1S/C26H33N5O7S2/c1-15-12-31(16(2)14-32)25(33)19-8-6-9-20(29-40(35,36)22-10-7-11-39-22)24(19)37-21(15)13-30(5)26(34)27-23-17(3)28-38-18(23)4/h6-11,15-16,21,29,32H,12-14H2,1-5H3,(H,27,34)/t15-,16+,21+/m1/s1. The fraction of sp³-hybridized carbons (Fsp3) is 0.423. The van der Waals surface area contributed by atoms with Crippen molar-refractivity contribution in [3.05, 3.63) is 52.7 Å². The number of nitrogens with one attached hydrogen (secondary N) is 2. The first-order valence-electron chi connectivity index (χ1n) is 12.7. The SMILES string of the molecule is Cc1noc(C)c1NC(=O)N(C)C[C@@H]1Oc2c(NS(=O)(=O)c3cccs3)cccc2C(=O)N([C@@H](C)CO)C[C@H]1C. The van der Waals surface area contributed by atoms with Gasteiger partial charge >= 0.3 is 6.03 Å². The minimum atomic E-state index is -3.95. The van der Waals surface area contributed by atoms with E-state index in [0.717, 1.165) is 11.3 Å². The number of carbonyl (C=O) groups is 2. The molecule has 216 valence electrons. The second kappa shape index (κ2) is 11.9. The lowest BCUT2D eigenvalue weighted by Gasteiger charge is -2.38. The molecule has 1 aliphatic heterocycles. The van der Waals surface area contributed by atoms with Crippen LogP contribution in [0.5, 0.6) is 5.75 Å². The molecule has 0 unspecified atom stereocenters. The van der Waals surface area contributed by atoms with E-state index in [4.69, 9.17) is 9.26 Å². The van der Waals surface area contributed by atoms with Crippen molar-refractivity contribution in [2.75, 3.05) is 36.8 Å². The number of ether oxygens (including phenoxy) is 1. The van der Waals surface area contributed by atoms with Crippen LogP contribution in [0.25, 0.3) is 0 Å². The maximum absolute atomic E-state index is 13.6. The zero-order valence-corrected chi connectivity index (χ0v) is 24.5. The second-order valence-electron chi connectivity index (χ2n) is 9.85. The number of thiophene rings is 1. The molecule has 2 aromatic heterocycles. The maximum Gasteiger partial charge on any atom is 0.321 e. The highest BCUT2D eigenvalue weighted by Crippen LogP contribution is 2.36. The average molecular weight is 592 g/mol. The molecule has 40 heavy (non-hydrogen) atoms. The number of para-hydroxylation sites is 1. The molecule has 3 aromatic rings. The Morgan fingerprint density at radius 3 is 2.67 bits per heavy atom. The summed E-state index contributed by atoms with van der Waals surface area (Å²) in [6.07, 6.45) is -0.645. The van der Waals surface area contributed by atoms with E-state index in [1.807, 2.05) is 6.92 Å². The summed E-state index contributed by atoms with van der Waals surface area (Å²) in [7, 11) is -2.34. The number of benzene rings is 1. The van der Waals surface area contributed by atoms with E-state index in [1.165, 1.54) is 17.0 Å². The number of hydrogen-bond acceptors (Lipinski definition) is 9. The van der Waals surface area contributed by atoms with Crippen LogP contribution < -0.4 is 14.8 Å². The third kappa shape index (κ3) is 6.08. The molecule has 0 radical (unpaired) electrons. The van der Waals surface area contributed by atoms with Gasteiger partial charge in [0, 0.05) is 19.5 Å². The number of carbonyl (C=O) groups excluding carboxylic acids is 2. The molecule has 0 aliphatic carbocycles. The smallest absolute Gasteiger partial charge is 0.321 e. The number of aryl methyl sites for hydroxylation is 2. The molecule has 3 atom stereocenters. The largest absolute Gasteiger partial charge is 0.485 e. The van der Waals surface area contributed by atoms with Crippen LogP contribution in [-0.4, -0.2) is 79.3 Å². The predicted octanol–water partition coefficient (Wildman–Crippen LogP) is 3.54. The van der Waals surface area contributed by atoms with E-state index in [0.29, 0.717) is 17.1 Å². The highest BCUT2D eigenvalue weighted by molar-refractivity contribution is 7.94. The average Bonchev–Trinajstić information content (AvgIpc) is 3.57. The van der Waals surface area contributed by atoms with Gasteiger partial charge in [-0.3, -0.25) is 9.52 Å². The first-order chi connectivity index (χ1) is 18.9. The number of nitrogens with zero attached hydrogens (tertiary/aromatic N) is 3. The van der Waals surface area contributed by atoms with Crippen LogP contribution in [-0.2, 0) is 10.0 Å². The highest BCUT2D eigenvalue weighted by Gasteiger charge is 2.35. The van der Waals surface area contributed by atoms with Gasteiger partial charge in [-0.2, -0.15) is 0 Å². The van der Waals surface area contributed by atoms with Crippen LogP contribution in [0.4, 0.5) is 16.2 Å². The topological polar surface area (TPSA) is 154 Å². The van der Waals surface area contributed by atoms with Crippen LogP contribution in [0.2, 0.25) is 0 Å². The summed E-state index contributed by atoms with van der Waals surface area (Å²) in [5, 5.41) is 18.2. The molecule has 1 aliphatic rings. The molecule has 12 nitrogen and oxygen atoms in total. The Morgan fingerprint density at radius 2 is 2.05 bits per heavy atom. The highest BCUT2D eigenvalue weighted by atomic mass is 32.2. The summed E-state index contributed by atoms with van der Waals surface area (Å²) in [5.41, 5.74) is 1.26. The van der Waals surface area contributed by atoms with E-state index in [1.54, 1.807) is 56.3 Å². The summed E-state index contributed by atoms with van der Waals surface area (Å²) in [5.74, 6) is -0.177. The van der Waals surface area contributed by atoms with Crippen LogP contribution in [0.15, 0.2) is 44.4 Å².